The van der Waals surface area contributed by atoms with E-state index in [-0.39, 0.29) is 15.5 Å². The maximum absolute atomic E-state index is 11.4. The zero-order valence-corrected chi connectivity index (χ0v) is 13.2. The predicted octanol–water partition coefficient (Wildman–Crippen LogP) is 2.99. The van der Waals surface area contributed by atoms with Crippen LogP contribution in [-0.2, 0) is 9.84 Å². The van der Waals surface area contributed by atoms with Crippen molar-refractivity contribution in [3.63, 3.8) is 0 Å². The van der Waals surface area contributed by atoms with Crippen LogP contribution in [0, 0.1) is 0 Å². The van der Waals surface area contributed by atoms with Gasteiger partial charge in [0.2, 0.25) is 0 Å². The Morgan fingerprint density at radius 3 is 2.38 bits per heavy atom. The fraction of sp³-hybridized carbons (Fsp3) is 0.0769. The number of carboxylic acids is 1. The zero-order chi connectivity index (χ0) is 15.6. The maximum atomic E-state index is 11.4. The van der Waals surface area contributed by atoms with Gasteiger partial charge in [-0.2, -0.15) is 0 Å². The summed E-state index contributed by atoms with van der Waals surface area (Å²) in [5.41, 5.74) is 0.0109. The molecule has 21 heavy (non-hydrogen) atoms. The molecule has 1 N–H and O–H groups in total. The summed E-state index contributed by atoms with van der Waals surface area (Å²) < 4.78 is 22.7. The number of benzene rings is 1. The molecule has 0 bridgehead atoms. The summed E-state index contributed by atoms with van der Waals surface area (Å²) in [5, 5.41) is 9.52. The van der Waals surface area contributed by atoms with Crippen LogP contribution >= 0.6 is 23.4 Å². The molecule has 2 rings (SSSR count). The lowest BCUT2D eigenvalue weighted by molar-refractivity contribution is 0.0696. The van der Waals surface area contributed by atoms with Crippen LogP contribution in [0.15, 0.2) is 51.3 Å². The largest absolute Gasteiger partial charge is 0.478 e. The Labute approximate surface area is 130 Å². The number of carbonyl (C=O) groups is 1. The van der Waals surface area contributed by atoms with Crippen molar-refractivity contribution in [2.24, 2.45) is 0 Å². The van der Waals surface area contributed by atoms with Crippen LogP contribution in [0.3, 0.4) is 0 Å². The van der Waals surface area contributed by atoms with Crippen LogP contribution in [-0.4, -0.2) is 30.7 Å². The Kier molecular flexibility index (Phi) is 4.55. The molecule has 0 amide bonds. The molecule has 0 aliphatic carbocycles. The summed E-state index contributed by atoms with van der Waals surface area (Å²) in [5.74, 6) is -1.10. The SMILES string of the molecule is CS(=O)(=O)c1ccc(Sc2ncc(C(=O)O)cc2Cl)cc1. The van der Waals surface area contributed by atoms with Gasteiger partial charge in [-0.1, -0.05) is 23.4 Å². The van der Waals surface area contributed by atoms with E-state index < -0.39 is 15.8 Å². The second-order valence-corrected chi connectivity index (χ2v) is 7.65. The molecule has 2 aromatic rings. The molecule has 1 aromatic heterocycles. The monoisotopic (exact) mass is 343 g/mol. The van der Waals surface area contributed by atoms with E-state index in [0.717, 1.165) is 11.2 Å². The second kappa shape index (κ2) is 6.05. The predicted molar refractivity (Wildman–Crippen MR) is 79.9 cm³/mol. The first-order chi connectivity index (χ1) is 9.77. The first kappa shape index (κ1) is 15.8. The Balaban J connectivity index is 2.24. The van der Waals surface area contributed by atoms with E-state index in [0.29, 0.717) is 5.03 Å². The van der Waals surface area contributed by atoms with Gasteiger partial charge in [0, 0.05) is 17.3 Å². The van der Waals surface area contributed by atoms with E-state index in [4.69, 9.17) is 16.7 Å². The number of pyridine rings is 1. The molecule has 1 aromatic carbocycles. The summed E-state index contributed by atoms with van der Waals surface area (Å²) in [6, 6.07) is 7.60. The van der Waals surface area contributed by atoms with Gasteiger partial charge in [0.25, 0.3) is 0 Å². The van der Waals surface area contributed by atoms with Crippen molar-refractivity contribution in [2.75, 3.05) is 6.26 Å². The number of sulfone groups is 1. The Hall–Kier alpha value is -1.57. The Bertz CT molecular complexity index is 788. The van der Waals surface area contributed by atoms with Gasteiger partial charge in [-0.15, -0.1) is 0 Å². The fourth-order valence-electron chi connectivity index (χ4n) is 1.48. The van der Waals surface area contributed by atoms with Crippen molar-refractivity contribution in [3.05, 3.63) is 47.1 Å². The lowest BCUT2D eigenvalue weighted by Crippen LogP contribution is -1.98. The topological polar surface area (TPSA) is 84.3 Å². The average Bonchev–Trinajstić information content (AvgIpc) is 2.40. The van der Waals surface area contributed by atoms with Crippen LogP contribution in [0.4, 0.5) is 0 Å². The highest BCUT2D eigenvalue weighted by Gasteiger charge is 2.11. The third-order valence-electron chi connectivity index (χ3n) is 2.52. The Morgan fingerprint density at radius 2 is 1.90 bits per heavy atom. The van der Waals surface area contributed by atoms with Crippen LogP contribution < -0.4 is 0 Å². The normalized spacial score (nSPS) is 11.3. The van der Waals surface area contributed by atoms with Crippen LogP contribution in [0.5, 0.6) is 0 Å². The molecule has 0 spiro atoms. The van der Waals surface area contributed by atoms with Gasteiger partial charge in [0.15, 0.2) is 9.84 Å². The molecular formula is C13H10ClNO4S2. The highest BCUT2D eigenvalue weighted by atomic mass is 35.5. The third kappa shape index (κ3) is 3.96. The van der Waals surface area contributed by atoms with Crippen molar-refractivity contribution in [1.29, 1.82) is 0 Å². The van der Waals surface area contributed by atoms with Gasteiger partial charge in [0.1, 0.15) is 5.03 Å². The first-order valence-corrected chi connectivity index (χ1v) is 8.73. The molecule has 0 saturated carbocycles. The quantitative estimate of drug-likeness (QED) is 0.918. The summed E-state index contributed by atoms with van der Waals surface area (Å²) >= 11 is 7.21. The molecule has 0 atom stereocenters. The molecule has 0 fully saturated rings. The molecule has 0 saturated heterocycles. The molecule has 110 valence electrons. The summed E-state index contributed by atoms with van der Waals surface area (Å²) in [6.07, 6.45) is 2.36. The number of carboxylic acid groups (broad SMARTS) is 1. The van der Waals surface area contributed by atoms with E-state index >= 15 is 0 Å². The van der Waals surface area contributed by atoms with Crippen molar-refractivity contribution in [2.45, 2.75) is 14.8 Å². The van der Waals surface area contributed by atoms with Crippen molar-refractivity contribution in [1.82, 2.24) is 4.98 Å². The fourth-order valence-corrected chi connectivity index (χ4v) is 3.15. The second-order valence-electron chi connectivity index (χ2n) is 4.16. The van der Waals surface area contributed by atoms with E-state index in [1.807, 2.05) is 0 Å². The minimum absolute atomic E-state index is 0.0109. The van der Waals surface area contributed by atoms with Crippen molar-refractivity contribution < 1.29 is 18.3 Å². The molecular weight excluding hydrogens is 334 g/mol. The lowest BCUT2D eigenvalue weighted by Gasteiger charge is -2.05. The number of hydrogen-bond donors (Lipinski definition) is 1. The standard InChI is InChI=1S/C13H10ClNO4S2/c1-21(18,19)10-4-2-9(3-5-10)20-12-11(14)6-8(7-15-12)13(16)17/h2-7H,1H3,(H,16,17). The zero-order valence-electron chi connectivity index (χ0n) is 10.8. The van der Waals surface area contributed by atoms with Crippen LogP contribution in [0.1, 0.15) is 10.4 Å². The van der Waals surface area contributed by atoms with Crippen LogP contribution in [0.2, 0.25) is 5.02 Å². The molecule has 8 heteroatoms. The number of halogens is 1. The molecule has 0 radical (unpaired) electrons. The van der Waals surface area contributed by atoms with Gasteiger partial charge in [-0.05, 0) is 30.3 Å². The smallest absolute Gasteiger partial charge is 0.337 e. The van der Waals surface area contributed by atoms with Gasteiger partial charge in [-0.3, -0.25) is 0 Å². The maximum Gasteiger partial charge on any atom is 0.337 e. The minimum atomic E-state index is -3.23. The average molecular weight is 344 g/mol. The third-order valence-corrected chi connectivity index (χ3v) is 5.08. The lowest BCUT2D eigenvalue weighted by atomic mass is 10.3. The highest BCUT2D eigenvalue weighted by molar-refractivity contribution is 7.99. The molecule has 0 aliphatic rings. The number of aromatic carboxylic acids is 1. The summed E-state index contributed by atoms with van der Waals surface area (Å²) in [4.78, 5) is 15.8. The molecule has 0 unspecified atom stereocenters. The number of hydrogen-bond acceptors (Lipinski definition) is 5. The summed E-state index contributed by atoms with van der Waals surface area (Å²) in [6.45, 7) is 0. The van der Waals surface area contributed by atoms with Gasteiger partial charge >= 0.3 is 5.97 Å². The number of rotatable bonds is 4. The number of nitrogens with zero attached hydrogens (tertiary/aromatic N) is 1. The van der Waals surface area contributed by atoms with E-state index in [2.05, 4.69) is 4.98 Å². The van der Waals surface area contributed by atoms with Crippen molar-refractivity contribution >= 4 is 39.2 Å². The van der Waals surface area contributed by atoms with Crippen molar-refractivity contribution in [3.8, 4) is 0 Å². The van der Waals surface area contributed by atoms with Crippen LogP contribution in [0.25, 0.3) is 0 Å². The molecule has 1 heterocycles. The highest BCUT2D eigenvalue weighted by Crippen LogP contribution is 2.32. The molecule has 5 nitrogen and oxygen atoms in total. The van der Waals surface area contributed by atoms with Gasteiger partial charge in [0.05, 0.1) is 15.5 Å². The van der Waals surface area contributed by atoms with E-state index in [1.165, 1.54) is 36.2 Å². The van der Waals surface area contributed by atoms with E-state index in [1.54, 1.807) is 12.1 Å². The van der Waals surface area contributed by atoms with E-state index in [9.17, 15) is 13.2 Å². The van der Waals surface area contributed by atoms with Gasteiger partial charge < -0.3 is 5.11 Å². The number of aromatic nitrogens is 1. The molecule has 0 aliphatic heterocycles. The first-order valence-electron chi connectivity index (χ1n) is 5.64. The Morgan fingerprint density at radius 1 is 1.29 bits per heavy atom. The minimum Gasteiger partial charge on any atom is -0.478 e. The van der Waals surface area contributed by atoms with Gasteiger partial charge in [-0.25, -0.2) is 18.2 Å². The summed E-state index contributed by atoms with van der Waals surface area (Å²) in [7, 11) is -3.23.